The highest BCUT2D eigenvalue weighted by atomic mass is 32.2. The summed E-state index contributed by atoms with van der Waals surface area (Å²) < 4.78 is 38.4. The van der Waals surface area contributed by atoms with Crippen molar-refractivity contribution in [3.05, 3.63) is 73.3 Å². The van der Waals surface area contributed by atoms with Crippen molar-refractivity contribution in [3.8, 4) is 11.5 Å². The van der Waals surface area contributed by atoms with Crippen LogP contribution in [0.1, 0.15) is 5.56 Å². The standard InChI is InChI=1S/C23H21N3O5S2/c1-3-11-26(12-4-2)33(28,29)17-7-8-18-21(14-17)32-23(24-18)25-22(27)10-6-16-5-9-19-20(13-16)31-15-30-19/h3-10,13-14H,1-2,11-12,15H2,(H,24,25,27). The number of nitrogens with one attached hydrogen (secondary N) is 1. The number of hydrogen-bond acceptors (Lipinski definition) is 7. The van der Waals surface area contributed by atoms with Crippen molar-refractivity contribution in [1.82, 2.24) is 9.29 Å². The predicted molar refractivity (Wildman–Crippen MR) is 129 cm³/mol. The summed E-state index contributed by atoms with van der Waals surface area (Å²) in [5.74, 6) is 0.946. The van der Waals surface area contributed by atoms with E-state index in [-0.39, 0.29) is 30.7 Å². The molecule has 0 unspecified atom stereocenters. The SMILES string of the molecule is C=CCN(CC=C)S(=O)(=O)c1ccc2nc(NC(=O)C=Cc3ccc4c(c3)OCO4)sc2c1. The lowest BCUT2D eigenvalue weighted by Gasteiger charge is -2.18. The summed E-state index contributed by atoms with van der Waals surface area (Å²) in [6, 6.07) is 10.1. The molecular formula is C23H21N3O5S2. The van der Waals surface area contributed by atoms with E-state index < -0.39 is 10.0 Å². The molecule has 1 aliphatic heterocycles. The van der Waals surface area contributed by atoms with Crippen LogP contribution in [0.4, 0.5) is 5.13 Å². The molecule has 0 saturated heterocycles. The van der Waals surface area contributed by atoms with Gasteiger partial charge in [0, 0.05) is 19.2 Å². The molecule has 8 nitrogen and oxygen atoms in total. The van der Waals surface area contributed by atoms with E-state index in [1.54, 1.807) is 30.3 Å². The van der Waals surface area contributed by atoms with Gasteiger partial charge in [-0.2, -0.15) is 4.31 Å². The predicted octanol–water partition coefficient (Wildman–Crippen LogP) is 4.04. The Morgan fingerprint density at radius 2 is 1.88 bits per heavy atom. The average Bonchev–Trinajstić information content (AvgIpc) is 3.42. The van der Waals surface area contributed by atoms with Gasteiger partial charge in [-0.05, 0) is 42.0 Å². The molecule has 0 aliphatic carbocycles. The minimum atomic E-state index is -3.72. The minimum Gasteiger partial charge on any atom is -0.454 e. The van der Waals surface area contributed by atoms with Crippen molar-refractivity contribution in [1.29, 1.82) is 0 Å². The molecule has 3 aromatic rings. The van der Waals surface area contributed by atoms with Gasteiger partial charge in [-0.25, -0.2) is 13.4 Å². The number of amides is 1. The van der Waals surface area contributed by atoms with E-state index in [1.165, 1.54) is 39.9 Å². The van der Waals surface area contributed by atoms with Crippen LogP contribution in [0.2, 0.25) is 0 Å². The van der Waals surface area contributed by atoms with Crippen LogP contribution >= 0.6 is 11.3 Å². The Balaban J connectivity index is 1.49. The van der Waals surface area contributed by atoms with Gasteiger partial charge >= 0.3 is 0 Å². The van der Waals surface area contributed by atoms with Crippen LogP contribution in [0.25, 0.3) is 16.3 Å². The van der Waals surface area contributed by atoms with Crippen LogP contribution in [0.5, 0.6) is 11.5 Å². The maximum Gasteiger partial charge on any atom is 0.250 e. The lowest BCUT2D eigenvalue weighted by atomic mass is 10.2. The van der Waals surface area contributed by atoms with Crippen LogP contribution in [0, 0.1) is 0 Å². The zero-order valence-electron chi connectivity index (χ0n) is 17.6. The molecule has 33 heavy (non-hydrogen) atoms. The van der Waals surface area contributed by atoms with Crippen molar-refractivity contribution in [2.24, 2.45) is 0 Å². The first-order valence-electron chi connectivity index (χ1n) is 9.92. The number of rotatable bonds is 9. The number of aromatic nitrogens is 1. The Morgan fingerprint density at radius 3 is 2.64 bits per heavy atom. The van der Waals surface area contributed by atoms with Crippen LogP contribution in [0.3, 0.4) is 0 Å². The summed E-state index contributed by atoms with van der Waals surface area (Å²) in [6.45, 7) is 7.76. The van der Waals surface area contributed by atoms with E-state index in [2.05, 4.69) is 23.5 Å². The number of carbonyl (C=O) groups excluding carboxylic acids is 1. The average molecular weight is 484 g/mol. The Morgan fingerprint density at radius 1 is 1.12 bits per heavy atom. The van der Waals surface area contributed by atoms with Gasteiger partial charge in [0.2, 0.25) is 22.7 Å². The van der Waals surface area contributed by atoms with Crippen LogP contribution in [0.15, 0.2) is 72.7 Å². The third-order valence-electron chi connectivity index (χ3n) is 4.72. The van der Waals surface area contributed by atoms with Crippen LogP contribution < -0.4 is 14.8 Å². The zero-order valence-corrected chi connectivity index (χ0v) is 19.2. The highest BCUT2D eigenvalue weighted by Gasteiger charge is 2.23. The second kappa shape index (κ2) is 9.57. The smallest absolute Gasteiger partial charge is 0.250 e. The summed E-state index contributed by atoms with van der Waals surface area (Å²) in [5, 5.41) is 3.08. The molecule has 0 spiro atoms. The summed E-state index contributed by atoms with van der Waals surface area (Å²) in [6.07, 6.45) is 6.10. The summed E-state index contributed by atoms with van der Waals surface area (Å²) in [7, 11) is -3.72. The van der Waals surface area contributed by atoms with Gasteiger partial charge in [0.15, 0.2) is 16.6 Å². The fourth-order valence-electron chi connectivity index (χ4n) is 3.16. The van der Waals surface area contributed by atoms with E-state index in [9.17, 15) is 13.2 Å². The molecule has 0 fully saturated rings. The summed E-state index contributed by atoms with van der Waals surface area (Å²) >= 11 is 1.20. The molecule has 1 N–H and O–H groups in total. The topological polar surface area (TPSA) is 97.8 Å². The van der Waals surface area contributed by atoms with Crippen molar-refractivity contribution in [2.45, 2.75) is 4.90 Å². The Kier molecular flexibility index (Phi) is 6.59. The van der Waals surface area contributed by atoms with Gasteiger partial charge in [0.25, 0.3) is 0 Å². The van der Waals surface area contributed by atoms with Crippen LogP contribution in [-0.4, -0.2) is 43.5 Å². The van der Waals surface area contributed by atoms with E-state index in [0.717, 1.165) is 5.56 Å². The van der Waals surface area contributed by atoms with E-state index >= 15 is 0 Å². The number of carbonyl (C=O) groups is 1. The molecule has 0 bridgehead atoms. The third kappa shape index (κ3) is 4.98. The molecule has 10 heteroatoms. The van der Waals surface area contributed by atoms with Gasteiger partial charge in [-0.15, -0.1) is 13.2 Å². The quantitative estimate of drug-likeness (QED) is 0.364. The fourth-order valence-corrected chi connectivity index (χ4v) is 5.55. The third-order valence-corrected chi connectivity index (χ3v) is 7.48. The Hall–Kier alpha value is -3.47. The maximum atomic E-state index is 13.0. The maximum absolute atomic E-state index is 13.0. The second-order valence-electron chi connectivity index (χ2n) is 6.98. The van der Waals surface area contributed by atoms with Crippen molar-refractivity contribution in [2.75, 3.05) is 25.2 Å². The number of benzene rings is 2. The summed E-state index contributed by atoms with van der Waals surface area (Å²) in [5.41, 5.74) is 1.38. The molecule has 2 aromatic carbocycles. The largest absolute Gasteiger partial charge is 0.454 e. The van der Waals surface area contributed by atoms with Gasteiger partial charge in [0.1, 0.15) is 0 Å². The van der Waals surface area contributed by atoms with E-state index in [0.29, 0.717) is 26.8 Å². The van der Waals surface area contributed by atoms with Gasteiger partial charge in [-0.1, -0.05) is 29.6 Å². The number of thiazole rings is 1. The number of sulfonamides is 1. The first kappa shape index (κ1) is 22.7. The molecule has 1 amide bonds. The first-order valence-corrected chi connectivity index (χ1v) is 12.2. The van der Waals surface area contributed by atoms with E-state index in [4.69, 9.17) is 9.47 Å². The zero-order chi connectivity index (χ0) is 23.4. The molecule has 0 radical (unpaired) electrons. The minimum absolute atomic E-state index is 0.142. The number of hydrogen-bond donors (Lipinski definition) is 1. The Labute approximate surface area is 195 Å². The molecule has 1 aliphatic rings. The lowest BCUT2D eigenvalue weighted by molar-refractivity contribution is -0.111. The van der Waals surface area contributed by atoms with Crippen molar-refractivity contribution >= 4 is 48.7 Å². The highest BCUT2D eigenvalue weighted by Crippen LogP contribution is 2.33. The van der Waals surface area contributed by atoms with Crippen molar-refractivity contribution in [3.63, 3.8) is 0 Å². The van der Waals surface area contributed by atoms with Gasteiger partial charge in [0.05, 0.1) is 15.1 Å². The molecule has 0 atom stereocenters. The molecule has 1 aromatic heterocycles. The van der Waals surface area contributed by atoms with Crippen LogP contribution in [-0.2, 0) is 14.8 Å². The summed E-state index contributed by atoms with van der Waals surface area (Å²) in [4.78, 5) is 16.9. The monoisotopic (exact) mass is 483 g/mol. The number of ether oxygens (including phenoxy) is 2. The number of nitrogens with zero attached hydrogens (tertiary/aromatic N) is 2. The number of fused-ring (bicyclic) bond motifs is 2. The van der Waals surface area contributed by atoms with Gasteiger partial charge < -0.3 is 9.47 Å². The van der Waals surface area contributed by atoms with Crippen molar-refractivity contribution < 1.29 is 22.7 Å². The number of anilines is 1. The van der Waals surface area contributed by atoms with E-state index in [1.807, 2.05) is 6.07 Å². The highest BCUT2D eigenvalue weighted by molar-refractivity contribution is 7.89. The molecule has 4 rings (SSSR count). The lowest BCUT2D eigenvalue weighted by Crippen LogP contribution is -2.31. The van der Waals surface area contributed by atoms with Gasteiger partial charge in [-0.3, -0.25) is 10.1 Å². The fraction of sp³-hybridized carbons (Fsp3) is 0.130. The molecule has 2 heterocycles. The molecular weight excluding hydrogens is 462 g/mol. The molecule has 0 saturated carbocycles. The molecule has 170 valence electrons. The first-order chi connectivity index (χ1) is 15.9. The second-order valence-corrected chi connectivity index (χ2v) is 9.95. The normalized spacial score (nSPS) is 13.0. The Bertz CT molecular complexity index is 1350.